The Morgan fingerprint density at radius 1 is 1.38 bits per heavy atom. The van der Waals surface area contributed by atoms with Crippen molar-refractivity contribution in [3.63, 3.8) is 0 Å². The molecule has 1 aliphatic heterocycles. The summed E-state index contributed by atoms with van der Waals surface area (Å²) in [4.78, 5) is 21.3. The lowest BCUT2D eigenvalue weighted by molar-refractivity contribution is -0.125. The number of thioether (sulfide) groups is 1. The van der Waals surface area contributed by atoms with Gasteiger partial charge in [-0.05, 0) is 38.8 Å². The number of carbonyl (C=O) groups is 1. The van der Waals surface area contributed by atoms with Crippen molar-refractivity contribution in [1.29, 1.82) is 0 Å². The van der Waals surface area contributed by atoms with Crippen molar-refractivity contribution in [3.8, 4) is 0 Å². The quantitative estimate of drug-likeness (QED) is 0.407. The van der Waals surface area contributed by atoms with E-state index in [0.29, 0.717) is 6.54 Å². The number of hydrogen-bond donors (Lipinski definition) is 2. The molecule has 1 aromatic heterocycles. The number of nitrogens with one attached hydrogen (secondary N) is 2. The zero-order valence-corrected chi connectivity index (χ0v) is 15.8. The monoisotopic (exact) mass is 350 g/mol. The fraction of sp³-hybridized carbons (Fsp3) is 0.722. The highest BCUT2D eigenvalue weighted by Crippen LogP contribution is 2.17. The number of nitrogens with zero attached hydrogens (tertiary/aromatic N) is 2. The second-order valence-electron chi connectivity index (χ2n) is 6.45. The molecule has 0 aromatic carbocycles. The van der Waals surface area contributed by atoms with E-state index in [2.05, 4.69) is 27.5 Å². The minimum absolute atomic E-state index is 0.0918. The molecule has 1 fully saturated rings. The first-order valence-electron chi connectivity index (χ1n) is 9.15. The average Bonchev–Trinajstić information content (AvgIpc) is 2.60. The van der Waals surface area contributed by atoms with Gasteiger partial charge in [0, 0.05) is 18.0 Å². The van der Waals surface area contributed by atoms with Gasteiger partial charge < -0.3 is 10.6 Å². The van der Waals surface area contributed by atoms with Gasteiger partial charge in [-0.15, -0.1) is 0 Å². The summed E-state index contributed by atoms with van der Waals surface area (Å²) in [5.41, 5.74) is 1.86. The van der Waals surface area contributed by atoms with Crippen LogP contribution in [0, 0.1) is 12.8 Å². The molecule has 0 bridgehead atoms. The molecule has 134 valence electrons. The summed E-state index contributed by atoms with van der Waals surface area (Å²) < 4.78 is 0. The number of hydrogen-bond acceptors (Lipinski definition) is 5. The maximum absolute atomic E-state index is 12.2. The van der Waals surface area contributed by atoms with E-state index in [1.165, 1.54) is 25.7 Å². The Hall–Kier alpha value is -1.14. The van der Waals surface area contributed by atoms with Gasteiger partial charge in [0.2, 0.25) is 5.91 Å². The molecule has 1 unspecified atom stereocenters. The fourth-order valence-corrected chi connectivity index (χ4v) is 3.77. The molecule has 0 saturated carbocycles. The molecule has 2 heterocycles. The Bertz CT molecular complexity index is 518. The molecule has 2 N–H and O–H groups in total. The lowest BCUT2D eigenvalue weighted by atomic mass is 9.99. The summed E-state index contributed by atoms with van der Waals surface area (Å²) in [6, 6.07) is 1.96. The Balaban J connectivity index is 1.80. The molecule has 0 aliphatic carbocycles. The normalized spacial score (nSPS) is 17.7. The number of piperidine rings is 1. The van der Waals surface area contributed by atoms with Crippen LogP contribution < -0.4 is 10.6 Å². The van der Waals surface area contributed by atoms with E-state index in [1.54, 1.807) is 11.8 Å². The van der Waals surface area contributed by atoms with Gasteiger partial charge in [-0.2, -0.15) is 0 Å². The van der Waals surface area contributed by atoms with Crippen molar-refractivity contribution < 1.29 is 4.79 Å². The van der Waals surface area contributed by atoms with Crippen LogP contribution in [0.3, 0.4) is 0 Å². The predicted molar refractivity (Wildman–Crippen MR) is 99.1 cm³/mol. The van der Waals surface area contributed by atoms with Gasteiger partial charge in [-0.1, -0.05) is 37.9 Å². The lowest BCUT2D eigenvalue weighted by Crippen LogP contribution is -2.40. The van der Waals surface area contributed by atoms with Crippen LogP contribution >= 0.6 is 11.8 Å². The van der Waals surface area contributed by atoms with Gasteiger partial charge in [0.25, 0.3) is 0 Å². The molecule has 0 spiro atoms. The van der Waals surface area contributed by atoms with Crippen molar-refractivity contribution in [2.24, 2.45) is 5.92 Å². The van der Waals surface area contributed by atoms with Gasteiger partial charge in [-0.3, -0.25) is 4.79 Å². The van der Waals surface area contributed by atoms with Crippen molar-refractivity contribution in [1.82, 2.24) is 20.6 Å². The standard InChI is InChI=1S/C18H30N4OS/c1-3-4-5-6-10-24-18-21-14(2)11-16(22-18)13-20-17(23)15-8-7-9-19-12-15/h11,15,19H,3-10,12-13H2,1-2H3,(H,20,23). The summed E-state index contributed by atoms with van der Waals surface area (Å²) in [6.07, 6.45) is 7.07. The van der Waals surface area contributed by atoms with Crippen LogP contribution in [0.1, 0.15) is 56.8 Å². The summed E-state index contributed by atoms with van der Waals surface area (Å²) in [7, 11) is 0. The molecule has 24 heavy (non-hydrogen) atoms. The van der Waals surface area contributed by atoms with E-state index in [1.807, 2.05) is 13.0 Å². The Morgan fingerprint density at radius 2 is 2.25 bits per heavy atom. The summed E-state index contributed by atoms with van der Waals surface area (Å²) in [6.45, 7) is 6.50. The predicted octanol–water partition coefficient (Wildman–Crippen LogP) is 3.07. The fourth-order valence-electron chi connectivity index (χ4n) is 2.85. The van der Waals surface area contributed by atoms with E-state index in [9.17, 15) is 4.79 Å². The molecule has 1 aliphatic rings. The third-order valence-corrected chi connectivity index (χ3v) is 5.16. The Morgan fingerprint density at radius 3 is 3.00 bits per heavy atom. The molecule has 0 radical (unpaired) electrons. The second kappa shape index (κ2) is 10.7. The number of unbranched alkanes of at least 4 members (excludes halogenated alkanes) is 3. The second-order valence-corrected chi connectivity index (χ2v) is 7.52. The topological polar surface area (TPSA) is 66.9 Å². The first-order chi connectivity index (χ1) is 11.7. The van der Waals surface area contributed by atoms with Crippen LogP contribution in [-0.2, 0) is 11.3 Å². The molecule has 1 aromatic rings. The van der Waals surface area contributed by atoms with Crippen LogP contribution in [0.15, 0.2) is 11.2 Å². The van der Waals surface area contributed by atoms with Gasteiger partial charge in [0.1, 0.15) is 0 Å². The van der Waals surface area contributed by atoms with Gasteiger partial charge >= 0.3 is 0 Å². The number of amides is 1. The van der Waals surface area contributed by atoms with E-state index in [4.69, 9.17) is 0 Å². The molecule has 1 atom stereocenters. The first kappa shape index (κ1) is 19.2. The average molecular weight is 351 g/mol. The SMILES string of the molecule is CCCCCCSc1nc(C)cc(CNC(=O)C2CCCNC2)n1. The number of carbonyl (C=O) groups excluding carboxylic acids is 1. The lowest BCUT2D eigenvalue weighted by Gasteiger charge is -2.21. The molecule has 5 nitrogen and oxygen atoms in total. The van der Waals surface area contributed by atoms with E-state index >= 15 is 0 Å². The maximum atomic E-state index is 12.2. The number of rotatable bonds is 9. The van der Waals surface area contributed by atoms with Crippen LogP contribution in [0.25, 0.3) is 0 Å². The van der Waals surface area contributed by atoms with Crippen molar-refractivity contribution in [3.05, 3.63) is 17.5 Å². The van der Waals surface area contributed by atoms with Crippen molar-refractivity contribution in [2.45, 2.75) is 64.1 Å². The van der Waals surface area contributed by atoms with E-state index in [-0.39, 0.29) is 11.8 Å². The minimum Gasteiger partial charge on any atom is -0.350 e. The maximum Gasteiger partial charge on any atom is 0.224 e. The van der Waals surface area contributed by atoms with Gasteiger partial charge in [0.15, 0.2) is 5.16 Å². The summed E-state index contributed by atoms with van der Waals surface area (Å²) in [5.74, 6) is 1.28. The van der Waals surface area contributed by atoms with E-state index < -0.39 is 0 Å². The largest absolute Gasteiger partial charge is 0.350 e. The minimum atomic E-state index is 0.0918. The molecule has 1 saturated heterocycles. The smallest absolute Gasteiger partial charge is 0.224 e. The highest BCUT2D eigenvalue weighted by molar-refractivity contribution is 7.99. The van der Waals surface area contributed by atoms with E-state index in [0.717, 1.165) is 48.2 Å². The zero-order chi connectivity index (χ0) is 17.2. The third-order valence-electron chi connectivity index (χ3n) is 4.23. The highest BCUT2D eigenvalue weighted by atomic mass is 32.2. The molecule has 6 heteroatoms. The van der Waals surface area contributed by atoms with Crippen LogP contribution in [0.4, 0.5) is 0 Å². The molecular weight excluding hydrogens is 320 g/mol. The van der Waals surface area contributed by atoms with Crippen LogP contribution in [0.2, 0.25) is 0 Å². The van der Waals surface area contributed by atoms with Crippen molar-refractivity contribution in [2.75, 3.05) is 18.8 Å². The highest BCUT2D eigenvalue weighted by Gasteiger charge is 2.20. The zero-order valence-electron chi connectivity index (χ0n) is 14.9. The van der Waals surface area contributed by atoms with Gasteiger partial charge in [0.05, 0.1) is 18.2 Å². The molecule has 2 rings (SSSR count). The number of aryl methyl sites for hydroxylation is 1. The van der Waals surface area contributed by atoms with Crippen LogP contribution in [0.5, 0.6) is 0 Å². The first-order valence-corrected chi connectivity index (χ1v) is 10.1. The summed E-state index contributed by atoms with van der Waals surface area (Å²) in [5, 5.41) is 7.14. The number of aromatic nitrogens is 2. The Kier molecular flexibility index (Phi) is 8.53. The van der Waals surface area contributed by atoms with Gasteiger partial charge in [-0.25, -0.2) is 9.97 Å². The summed E-state index contributed by atoms with van der Waals surface area (Å²) >= 11 is 1.72. The third kappa shape index (κ3) is 6.77. The Labute approximate surface area is 149 Å². The molecular formula is C18H30N4OS. The molecule has 1 amide bonds. The van der Waals surface area contributed by atoms with Crippen LogP contribution in [-0.4, -0.2) is 34.7 Å². The van der Waals surface area contributed by atoms with Crippen molar-refractivity contribution >= 4 is 17.7 Å².